The number of hydrogen-bond acceptors (Lipinski definition) is 4. The van der Waals surface area contributed by atoms with Crippen molar-refractivity contribution in [3.63, 3.8) is 0 Å². The van der Waals surface area contributed by atoms with Crippen LogP contribution in [-0.2, 0) is 14.8 Å². The van der Waals surface area contributed by atoms with Crippen LogP contribution in [0.3, 0.4) is 0 Å². The van der Waals surface area contributed by atoms with Crippen molar-refractivity contribution in [1.29, 1.82) is 0 Å². The Labute approximate surface area is 134 Å². The van der Waals surface area contributed by atoms with E-state index >= 15 is 0 Å². The summed E-state index contributed by atoms with van der Waals surface area (Å²) in [6.45, 7) is 9.16. The van der Waals surface area contributed by atoms with E-state index in [1.165, 1.54) is 0 Å². The van der Waals surface area contributed by atoms with E-state index in [9.17, 15) is 13.2 Å². The molecular formula is C15H29N3O3S. The maximum Gasteiger partial charge on any atom is 0.240 e. The van der Waals surface area contributed by atoms with Gasteiger partial charge in [0.2, 0.25) is 15.9 Å². The third-order valence-electron chi connectivity index (χ3n) is 4.64. The standard InChI is InChI=1S/C15H29N3O3S/c1-4-12-22(20,21)17-10-8-16(9-11-17)14-6-5-7-18(13(2)3)15(14)19/h13-14H,4-12H2,1-3H3/t14-/m0/s1. The van der Waals surface area contributed by atoms with E-state index in [0.29, 0.717) is 32.6 Å². The summed E-state index contributed by atoms with van der Waals surface area (Å²) < 4.78 is 25.8. The number of piperazine rings is 1. The molecule has 0 aliphatic carbocycles. The van der Waals surface area contributed by atoms with Gasteiger partial charge in [0.05, 0.1) is 11.8 Å². The van der Waals surface area contributed by atoms with Gasteiger partial charge >= 0.3 is 0 Å². The molecule has 2 aliphatic rings. The van der Waals surface area contributed by atoms with E-state index in [1.54, 1.807) is 4.31 Å². The first kappa shape index (κ1) is 17.7. The fourth-order valence-electron chi connectivity index (χ4n) is 3.41. The van der Waals surface area contributed by atoms with Gasteiger partial charge < -0.3 is 4.90 Å². The van der Waals surface area contributed by atoms with Gasteiger partial charge in [-0.2, -0.15) is 4.31 Å². The van der Waals surface area contributed by atoms with Crippen LogP contribution in [-0.4, -0.2) is 79.0 Å². The minimum absolute atomic E-state index is 0.0628. The molecule has 0 unspecified atom stereocenters. The van der Waals surface area contributed by atoms with Crippen LogP contribution >= 0.6 is 0 Å². The normalized spacial score (nSPS) is 25.9. The Morgan fingerprint density at radius 3 is 2.32 bits per heavy atom. The molecule has 0 radical (unpaired) electrons. The van der Waals surface area contributed by atoms with Gasteiger partial charge in [0.15, 0.2) is 0 Å². The highest BCUT2D eigenvalue weighted by Gasteiger charge is 2.37. The molecule has 7 heteroatoms. The molecule has 0 aromatic rings. The van der Waals surface area contributed by atoms with Crippen LogP contribution in [0.15, 0.2) is 0 Å². The lowest BCUT2D eigenvalue weighted by molar-refractivity contribution is -0.142. The number of nitrogens with zero attached hydrogens (tertiary/aromatic N) is 3. The summed E-state index contributed by atoms with van der Waals surface area (Å²) in [4.78, 5) is 16.7. The van der Waals surface area contributed by atoms with E-state index in [4.69, 9.17) is 0 Å². The van der Waals surface area contributed by atoms with E-state index in [2.05, 4.69) is 18.7 Å². The number of hydrogen-bond donors (Lipinski definition) is 0. The van der Waals surface area contributed by atoms with Crippen molar-refractivity contribution in [2.24, 2.45) is 0 Å². The Balaban J connectivity index is 1.95. The Hall–Kier alpha value is -0.660. The molecule has 2 saturated heterocycles. The maximum atomic E-state index is 12.6. The van der Waals surface area contributed by atoms with E-state index in [-0.39, 0.29) is 23.7 Å². The third-order valence-corrected chi connectivity index (χ3v) is 6.71. The van der Waals surface area contributed by atoms with Crippen LogP contribution in [0, 0.1) is 0 Å². The molecule has 0 aromatic heterocycles. The summed E-state index contributed by atoms with van der Waals surface area (Å²) >= 11 is 0. The highest BCUT2D eigenvalue weighted by Crippen LogP contribution is 2.21. The van der Waals surface area contributed by atoms with Crippen LogP contribution < -0.4 is 0 Å². The number of rotatable bonds is 5. The molecule has 22 heavy (non-hydrogen) atoms. The Morgan fingerprint density at radius 1 is 1.14 bits per heavy atom. The second kappa shape index (κ2) is 7.27. The largest absolute Gasteiger partial charge is 0.339 e. The Kier molecular flexibility index (Phi) is 5.85. The predicted molar refractivity (Wildman–Crippen MR) is 87.1 cm³/mol. The van der Waals surface area contributed by atoms with Crippen LogP contribution in [0.1, 0.15) is 40.0 Å². The summed E-state index contributed by atoms with van der Waals surface area (Å²) in [6, 6.07) is 0.175. The number of piperidine rings is 1. The van der Waals surface area contributed by atoms with Gasteiger partial charge in [-0.1, -0.05) is 6.92 Å². The van der Waals surface area contributed by atoms with Gasteiger partial charge in [0, 0.05) is 38.8 Å². The van der Waals surface area contributed by atoms with Crippen LogP contribution in [0.2, 0.25) is 0 Å². The first-order chi connectivity index (χ1) is 10.4. The maximum absolute atomic E-state index is 12.6. The Morgan fingerprint density at radius 2 is 1.77 bits per heavy atom. The molecule has 2 fully saturated rings. The lowest BCUT2D eigenvalue weighted by atomic mass is 10.0. The molecule has 0 saturated carbocycles. The molecule has 0 spiro atoms. The lowest BCUT2D eigenvalue weighted by Crippen LogP contribution is -2.59. The fourth-order valence-corrected chi connectivity index (χ4v) is 4.91. The highest BCUT2D eigenvalue weighted by atomic mass is 32.2. The van der Waals surface area contributed by atoms with Gasteiger partial charge in [0.1, 0.15) is 0 Å². The smallest absolute Gasteiger partial charge is 0.240 e. The van der Waals surface area contributed by atoms with E-state index in [0.717, 1.165) is 19.4 Å². The molecule has 128 valence electrons. The van der Waals surface area contributed by atoms with Crippen molar-refractivity contribution in [2.45, 2.75) is 52.1 Å². The first-order valence-corrected chi connectivity index (χ1v) is 10.00. The van der Waals surface area contributed by atoms with Crippen molar-refractivity contribution in [1.82, 2.24) is 14.1 Å². The zero-order valence-electron chi connectivity index (χ0n) is 14.0. The molecular weight excluding hydrogens is 302 g/mol. The molecule has 2 aliphatic heterocycles. The summed E-state index contributed by atoms with van der Waals surface area (Å²) in [5, 5.41) is 0. The van der Waals surface area contributed by atoms with Crippen molar-refractivity contribution in [2.75, 3.05) is 38.5 Å². The molecule has 2 rings (SSSR count). The predicted octanol–water partition coefficient (Wildman–Crippen LogP) is 0.743. The van der Waals surface area contributed by atoms with Crippen LogP contribution in [0.5, 0.6) is 0 Å². The van der Waals surface area contributed by atoms with Crippen molar-refractivity contribution < 1.29 is 13.2 Å². The third kappa shape index (κ3) is 3.81. The minimum atomic E-state index is -3.11. The van der Waals surface area contributed by atoms with Gasteiger partial charge in [-0.05, 0) is 33.1 Å². The summed E-state index contributed by atoms with van der Waals surface area (Å²) in [5.74, 6) is 0.433. The van der Waals surface area contributed by atoms with Gasteiger partial charge in [-0.25, -0.2) is 8.42 Å². The SMILES string of the molecule is CCCS(=O)(=O)N1CCN([C@H]2CCCN(C(C)C)C2=O)CC1. The zero-order chi connectivity index (χ0) is 16.3. The minimum Gasteiger partial charge on any atom is -0.339 e. The van der Waals surface area contributed by atoms with Crippen LogP contribution in [0.4, 0.5) is 0 Å². The molecule has 1 amide bonds. The molecule has 1 atom stereocenters. The quantitative estimate of drug-likeness (QED) is 0.746. The number of sulfonamides is 1. The van der Waals surface area contributed by atoms with Gasteiger partial charge in [-0.3, -0.25) is 9.69 Å². The summed E-state index contributed by atoms with van der Waals surface area (Å²) in [6.07, 6.45) is 2.57. The zero-order valence-corrected chi connectivity index (χ0v) is 14.8. The average Bonchev–Trinajstić information content (AvgIpc) is 2.47. The fraction of sp³-hybridized carbons (Fsp3) is 0.933. The number of carbonyl (C=O) groups excluding carboxylic acids is 1. The highest BCUT2D eigenvalue weighted by molar-refractivity contribution is 7.89. The molecule has 0 bridgehead atoms. The Bertz CT molecular complexity index is 484. The molecule has 0 N–H and O–H groups in total. The van der Waals surface area contributed by atoms with Crippen molar-refractivity contribution in [3.8, 4) is 0 Å². The van der Waals surface area contributed by atoms with Crippen molar-refractivity contribution >= 4 is 15.9 Å². The van der Waals surface area contributed by atoms with Gasteiger partial charge in [-0.15, -0.1) is 0 Å². The molecule has 2 heterocycles. The molecule has 0 aromatic carbocycles. The number of likely N-dealkylation sites (tertiary alicyclic amines) is 1. The summed E-state index contributed by atoms with van der Waals surface area (Å²) in [5.41, 5.74) is 0. The van der Waals surface area contributed by atoms with E-state index < -0.39 is 10.0 Å². The number of carbonyl (C=O) groups is 1. The second-order valence-corrected chi connectivity index (χ2v) is 8.62. The number of amides is 1. The van der Waals surface area contributed by atoms with E-state index in [1.807, 2.05) is 11.8 Å². The average molecular weight is 331 g/mol. The second-order valence-electron chi connectivity index (χ2n) is 6.53. The van der Waals surface area contributed by atoms with Crippen molar-refractivity contribution in [3.05, 3.63) is 0 Å². The van der Waals surface area contributed by atoms with Gasteiger partial charge in [0.25, 0.3) is 0 Å². The van der Waals surface area contributed by atoms with Crippen LogP contribution in [0.25, 0.3) is 0 Å². The lowest BCUT2D eigenvalue weighted by Gasteiger charge is -2.43. The topological polar surface area (TPSA) is 60.9 Å². The summed E-state index contributed by atoms with van der Waals surface area (Å²) in [7, 11) is -3.11. The first-order valence-electron chi connectivity index (χ1n) is 8.39. The molecule has 6 nitrogen and oxygen atoms in total. The monoisotopic (exact) mass is 331 g/mol.